The summed E-state index contributed by atoms with van der Waals surface area (Å²) in [5, 5.41) is 133. The highest BCUT2D eigenvalue weighted by Crippen LogP contribution is 2.40. The van der Waals surface area contributed by atoms with Gasteiger partial charge in [-0.2, -0.15) is 0 Å². The third-order valence-corrected chi connectivity index (χ3v) is 21.7. The van der Waals surface area contributed by atoms with E-state index in [0.717, 1.165) is 14.7 Å². The normalized spacial score (nSPS) is 13.3. The second kappa shape index (κ2) is 37.8. The van der Waals surface area contributed by atoms with Crippen LogP contribution in [0.2, 0.25) is 0 Å². The number of likely N-dealkylation sites (N-methyl/N-ethyl adjacent to an activating group) is 2. The van der Waals surface area contributed by atoms with Gasteiger partial charge in [0.2, 0.25) is 0 Å². The zero-order chi connectivity index (χ0) is 66.2. The number of nitrogens with one attached hydrogen (secondary N) is 6. The first-order valence-electron chi connectivity index (χ1n) is 24.7. The van der Waals surface area contributed by atoms with Gasteiger partial charge in [-0.1, -0.05) is 0 Å². The predicted molar refractivity (Wildman–Crippen MR) is 385 cm³/mol. The van der Waals surface area contributed by atoms with Gasteiger partial charge in [0.1, 0.15) is 0 Å². The molecule has 0 spiro atoms. The van der Waals surface area contributed by atoms with E-state index >= 15 is 4.79 Å². The number of carbonyl (C=O) groups excluding carboxylic acids is 9. The summed E-state index contributed by atoms with van der Waals surface area (Å²) < 4.78 is 0.139. The molecule has 6 atom stereocenters. The Morgan fingerprint density at radius 1 is 0.345 bits per heavy atom. The lowest BCUT2D eigenvalue weighted by Gasteiger charge is -2.30. The van der Waals surface area contributed by atoms with Crippen molar-refractivity contribution < 1.29 is 104 Å². The van der Waals surface area contributed by atoms with Crippen molar-refractivity contribution in [2.24, 2.45) is 0 Å². The minimum Gasteiger partial charge on any atom is -0.394 e. The second-order valence-electron chi connectivity index (χ2n) is 18.1. The van der Waals surface area contributed by atoms with Crippen LogP contribution in [0.1, 0.15) is 62.1 Å². The van der Waals surface area contributed by atoms with Crippen LogP contribution < -0.4 is 31.9 Å². The molecule has 0 aromatic heterocycles. The zero-order valence-electron chi connectivity index (χ0n) is 44.9. The monoisotopic (exact) mass is 2240 g/mol. The van der Waals surface area contributed by atoms with Gasteiger partial charge >= 0.3 is 0 Å². The molecule has 6 unspecified atom stereocenters. The predicted octanol–water partition coefficient (Wildman–Crippen LogP) is -1.76. The second-order valence-corrected chi connectivity index (χ2v) is 27.9. The fraction of sp³-hybridized carbons (Fsp3) is 0.438. The molecule has 0 aliphatic heterocycles. The fourth-order valence-corrected chi connectivity index (χ4v) is 20.2. The van der Waals surface area contributed by atoms with Crippen molar-refractivity contribution in [1.82, 2.24) is 30.7 Å². The molecule has 18 N–H and O–H groups in total. The van der Waals surface area contributed by atoms with Gasteiger partial charge < -0.3 is 108 Å². The highest BCUT2D eigenvalue weighted by molar-refractivity contribution is 14.1. The first-order chi connectivity index (χ1) is 40.7. The number of hydrogen-bond acceptors (Lipinski definition) is 21. The Morgan fingerprint density at radius 3 is 0.805 bits per heavy atom. The third-order valence-electron chi connectivity index (χ3n) is 12.0. The number of carbonyl (C=O) groups is 9. The lowest BCUT2D eigenvalue weighted by Crippen LogP contribution is -2.45. The van der Waals surface area contributed by atoms with Crippen LogP contribution in [0.4, 0.5) is 17.1 Å². The summed E-state index contributed by atoms with van der Waals surface area (Å²) in [6.45, 7) is -8.31. The summed E-state index contributed by atoms with van der Waals surface area (Å²) in [6, 6.07) is 0. The summed E-state index contributed by atoms with van der Waals surface area (Å²) in [7, 11) is 2.62. The molecule has 9 amide bonds. The van der Waals surface area contributed by atoms with E-state index in [9.17, 15) is 99.6 Å². The van der Waals surface area contributed by atoms with Crippen molar-refractivity contribution in [3.8, 4) is 0 Å². The fourth-order valence-electron chi connectivity index (χ4n) is 7.04. The molecule has 3 aromatic carbocycles. The van der Waals surface area contributed by atoms with E-state index in [4.69, 9.17) is 0 Å². The van der Waals surface area contributed by atoms with E-state index in [1.165, 1.54) is 14.1 Å². The smallest absolute Gasteiger partial charge is 0.256 e. The molecule has 0 saturated carbocycles. The van der Waals surface area contributed by atoms with Gasteiger partial charge in [-0.15, -0.1) is 0 Å². The highest BCUT2D eigenvalue weighted by Gasteiger charge is 2.36. The number of aliphatic hydroxyl groups excluding tert-OH is 12. The molecule has 0 heterocycles. The van der Waals surface area contributed by atoms with Gasteiger partial charge in [0.05, 0.1) is 130 Å². The summed E-state index contributed by atoms with van der Waals surface area (Å²) in [4.78, 5) is 130. The maximum Gasteiger partial charge on any atom is 0.256 e. The first-order valence-corrected chi connectivity index (χ1v) is 34.4. The van der Waals surface area contributed by atoms with Crippen LogP contribution in [0.25, 0.3) is 0 Å². The van der Waals surface area contributed by atoms with Gasteiger partial charge in [-0.05, 0) is 203 Å². The number of aliphatic hydroxyl groups is 12. The van der Waals surface area contributed by atoms with Crippen LogP contribution in [0.3, 0.4) is 0 Å². The van der Waals surface area contributed by atoms with Crippen molar-refractivity contribution in [3.63, 3.8) is 0 Å². The molecule has 0 fully saturated rings. The van der Waals surface area contributed by atoms with Crippen molar-refractivity contribution in [3.05, 3.63) is 65.5 Å². The Morgan fingerprint density at radius 2 is 0.575 bits per heavy atom. The summed E-state index contributed by atoms with van der Waals surface area (Å²) in [5.74, 6) is -8.63. The maximum absolute atomic E-state index is 15.5. The number of rotatable bonds is 30. The summed E-state index contributed by atoms with van der Waals surface area (Å²) in [6.07, 6.45) is -10.1. The van der Waals surface area contributed by atoms with E-state index < -0.39 is 175 Å². The Kier molecular flexibility index (Phi) is 34.8. The molecule has 0 aliphatic rings. The van der Waals surface area contributed by atoms with E-state index in [1.807, 2.05) is 0 Å². The molecule has 0 radical (unpaired) electrons. The molecular formula is C48H56I9N9O21. The molecule has 482 valence electrons. The molecule has 39 heteroatoms. The first kappa shape index (κ1) is 80.2. The Hall–Kier alpha value is -1.02. The van der Waals surface area contributed by atoms with Gasteiger partial charge in [0, 0.05) is 70.6 Å². The van der Waals surface area contributed by atoms with Crippen LogP contribution in [-0.4, -0.2) is 265 Å². The van der Waals surface area contributed by atoms with E-state index in [1.54, 1.807) is 203 Å². The van der Waals surface area contributed by atoms with Crippen LogP contribution in [0.15, 0.2) is 0 Å². The van der Waals surface area contributed by atoms with Crippen LogP contribution in [0, 0.1) is 32.1 Å². The number of amides is 9. The maximum atomic E-state index is 15.5. The minimum atomic E-state index is -1.99. The van der Waals surface area contributed by atoms with Crippen LogP contribution in [-0.2, 0) is 14.4 Å². The number of hydrogen-bond donors (Lipinski definition) is 18. The zero-order valence-corrected chi connectivity index (χ0v) is 64.4. The van der Waals surface area contributed by atoms with Gasteiger partial charge in [-0.3, -0.25) is 43.2 Å². The molecule has 30 nitrogen and oxygen atoms in total. The quantitative estimate of drug-likeness (QED) is 0.0329. The van der Waals surface area contributed by atoms with Crippen LogP contribution >= 0.6 is 203 Å². The summed E-state index contributed by atoms with van der Waals surface area (Å²) >= 11 is 15.5. The van der Waals surface area contributed by atoms with Crippen molar-refractivity contribution in [2.75, 3.05) is 116 Å². The van der Waals surface area contributed by atoms with E-state index in [2.05, 4.69) is 31.9 Å². The van der Waals surface area contributed by atoms with Crippen molar-refractivity contribution >= 4 is 274 Å². The summed E-state index contributed by atoms with van der Waals surface area (Å²) in [5.41, 5.74) is -1.78. The van der Waals surface area contributed by atoms with Crippen molar-refractivity contribution in [1.29, 1.82) is 0 Å². The molecule has 87 heavy (non-hydrogen) atoms. The minimum absolute atomic E-state index is 0.0104. The van der Waals surface area contributed by atoms with Gasteiger partial charge in [-0.25, -0.2) is 0 Å². The molecule has 0 aliphatic carbocycles. The number of anilines is 3. The topological polar surface area (TPSA) is 478 Å². The average molecular weight is 2240 g/mol. The number of nitrogens with zero attached hydrogens (tertiary/aromatic N) is 3. The molecule has 3 aromatic rings. The molecule has 3 rings (SSSR count). The van der Waals surface area contributed by atoms with Crippen LogP contribution in [0.5, 0.6) is 0 Å². The highest BCUT2D eigenvalue weighted by atomic mass is 127. The van der Waals surface area contributed by atoms with E-state index in [-0.39, 0.29) is 82.6 Å². The standard InChI is InChI=1S/C48H56I9N9O21/c1-64(46(85)25-28(49)22(43(82)58-7-16(73)10-67)31(52)37(34(25)55)61-40(79)19(76)13-70)3-5-66(48(87)27-30(51)24(45(84)60-9-18(75)12-69)33(54)39(36(27)57)63-42(81)21(78)15-72)6-4-65(2)47(86)26-29(50)23(44(83)59-8-17(74)11-68)32(53)38(35(26)56)62-41(80)20(77)14-71/h16-21,67-78H,3-15H2,1-2H3,(H,58,82)(H,59,83)(H,60,84)(H,61,79)(H,62,80)(H,63,81). The van der Waals surface area contributed by atoms with Gasteiger partial charge in [0.25, 0.3) is 53.2 Å². The third kappa shape index (κ3) is 20.7. The number of halogens is 9. The van der Waals surface area contributed by atoms with Crippen molar-refractivity contribution in [2.45, 2.75) is 36.6 Å². The van der Waals surface area contributed by atoms with E-state index in [0.29, 0.717) is 0 Å². The Balaban J connectivity index is 2.39. The SMILES string of the molecule is CN(CCN(CCN(C)C(=O)c1c(I)c(NC(=O)C(O)CO)c(I)c(C(=O)NCC(O)CO)c1I)C(=O)c1c(I)c(NC(=O)C(O)CO)c(I)c(C(=O)NCC(O)CO)c1I)C(=O)c1c(I)c(NC(=O)C(O)CO)c(I)c(C(=O)NCC(O)CO)c1I. The lowest BCUT2D eigenvalue weighted by molar-refractivity contribution is -0.126. The largest absolute Gasteiger partial charge is 0.394 e. The average Bonchev–Trinajstić information content (AvgIpc) is 0.902. The Bertz CT molecular complexity index is 2980. The molecule has 0 saturated heterocycles. The molecule has 0 bridgehead atoms. The number of benzene rings is 3. The Labute approximate surface area is 617 Å². The van der Waals surface area contributed by atoms with Gasteiger partial charge in [0.15, 0.2) is 18.3 Å². The lowest BCUT2D eigenvalue weighted by atomic mass is 10.1. The molecular weight excluding hydrogens is 2180 g/mol.